The first-order chi connectivity index (χ1) is 14.1. The van der Waals surface area contributed by atoms with Crippen LogP contribution in [0.3, 0.4) is 0 Å². The predicted octanol–water partition coefficient (Wildman–Crippen LogP) is 3.81. The van der Waals surface area contributed by atoms with Crippen LogP contribution in [-0.2, 0) is 12.4 Å². The minimum atomic E-state index is 0.258. The highest BCUT2D eigenvalue weighted by atomic mass is 35.5. The van der Waals surface area contributed by atoms with Gasteiger partial charge in [-0.25, -0.2) is 4.98 Å². The highest BCUT2D eigenvalue weighted by Crippen LogP contribution is 2.63. The van der Waals surface area contributed by atoms with Crippen molar-refractivity contribution in [3.05, 3.63) is 35.5 Å². The maximum absolute atomic E-state index is 6.02. The largest absolute Gasteiger partial charge is 0.496 e. The monoisotopic (exact) mass is 412 g/mol. The molecule has 0 bridgehead atoms. The molecule has 2 aromatic heterocycles. The number of fused-ring (bicyclic) bond motifs is 1. The van der Waals surface area contributed by atoms with Gasteiger partial charge in [-0.1, -0.05) is 6.07 Å². The van der Waals surface area contributed by atoms with E-state index in [1.807, 2.05) is 22.9 Å². The lowest BCUT2D eigenvalue weighted by Crippen LogP contribution is -2.31. The topological polar surface area (TPSA) is 90.9 Å². The Morgan fingerprint density at radius 1 is 1.31 bits per heavy atom. The Morgan fingerprint density at radius 3 is 2.86 bits per heavy atom. The lowest BCUT2D eigenvalue weighted by atomic mass is 9.72. The van der Waals surface area contributed by atoms with Crippen LogP contribution in [0.4, 0.5) is 11.8 Å². The van der Waals surface area contributed by atoms with Gasteiger partial charge >= 0.3 is 0 Å². The van der Waals surface area contributed by atoms with E-state index in [-0.39, 0.29) is 5.95 Å². The molecule has 1 aromatic carbocycles. The first-order valence-electron chi connectivity index (χ1n) is 10.0. The number of nitrogens with one attached hydrogen (secondary N) is 1. The number of hydrogen-bond donors (Lipinski definition) is 2. The standard InChI is InChI=1S/C21H25ClN6O/c1-29-17-3-2-13(9-22)6-15(17)12-28-18-16(11-25-28)26-20(23)27-19(18)24-10-14-7-21(8-14)4-5-21/h2-3,6,11,14H,4-5,7-10,12H2,1H3,(H3,23,24,26,27). The minimum Gasteiger partial charge on any atom is -0.496 e. The highest BCUT2D eigenvalue weighted by Gasteiger charge is 2.52. The fraction of sp³-hybridized carbons (Fsp3) is 0.476. The molecule has 0 atom stereocenters. The zero-order valence-electron chi connectivity index (χ0n) is 16.5. The number of benzene rings is 1. The van der Waals surface area contributed by atoms with Crippen molar-refractivity contribution in [2.24, 2.45) is 11.3 Å². The maximum atomic E-state index is 6.02. The number of aromatic nitrogens is 4. The first kappa shape index (κ1) is 18.5. The number of methoxy groups -OCH3 is 1. The Morgan fingerprint density at radius 2 is 2.14 bits per heavy atom. The Balaban J connectivity index is 1.43. The van der Waals surface area contributed by atoms with Crippen molar-refractivity contribution in [3.8, 4) is 5.75 Å². The van der Waals surface area contributed by atoms with Crippen molar-refractivity contribution in [2.45, 2.75) is 38.1 Å². The summed E-state index contributed by atoms with van der Waals surface area (Å²) in [6.07, 6.45) is 7.20. The van der Waals surface area contributed by atoms with Gasteiger partial charge in [-0.2, -0.15) is 10.1 Å². The summed E-state index contributed by atoms with van der Waals surface area (Å²) in [5.41, 5.74) is 10.3. The molecule has 2 aliphatic rings. The number of nitrogen functional groups attached to an aromatic ring is 1. The molecule has 2 aliphatic carbocycles. The third kappa shape index (κ3) is 3.48. The molecule has 3 N–H and O–H groups in total. The SMILES string of the molecule is COc1ccc(CCl)cc1Cn1ncc2nc(N)nc(NCC3CC4(CC4)C3)c21. The van der Waals surface area contributed by atoms with Gasteiger partial charge in [0.2, 0.25) is 5.95 Å². The molecule has 0 unspecified atom stereocenters. The third-order valence-corrected chi connectivity index (χ3v) is 6.59. The van der Waals surface area contributed by atoms with Crippen molar-refractivity contribution in [2.75, 3.05) is 24.7 Å². The summed E-state index contributed by atoms with van der Waals surface area (Å²) < 4.78 is 7.43. The van der Waals surface area contributed by atoms with Crippen molar-refractivity contribution >= 4 is 34.4 Å². The predicted molar refractivity (Wildman–Crippen MR) is 114 cm³/mol. The molecule has 7 nitrogen and oxygen atoms in total. The van der Waals surface area contributed by atoms with Crippen molar-refractivity contribution in [1.82, 2.24) is 19.7 Å². The fourth-order valence-corrected chi connectivity index (χ4v) is 4.76. The van der Waals surface area contributed by atoms with E-state index in [2.05, 4.69) is 20.4 Å². The van der Waals surface area contributed by atoms with E-state index in [4.69, 9.17) is 22.1 Å². The molecule has 1 spiro atoms. The molecule has 0 aliphatic heterocycles. The van der Waals surface area contributed by atoms with Gasteiger partial charge in [0.25, 0.3) is 0 Å². The second kappa shape index (κ2) is 7.06. The van der Waals surface area contributed by atoms with Gasteiger partial charge in [-0.05, 0) is 54.7 Å². The Kier molecular flexibility index (Phi) is 4.50. The van der Waals surface area contributed by atoms with Gasteiger partial charge in [0.1, 0.15) is 16.8 Å². The second-order valence-corrected chi connectivity index (χ2v) is 8.67. The van der Waals surface area contributed by atoms with Gasteiger partial charge < -0.3 is 15.8 Å². The number of halogens is 1. The number of nitrogens with two attached hydrogens (primary N) is 1. The van der Waals surface area contributed by atoms with E-state index in [0.717, 1.165) is 40.3 Å². The van der Waals surface area contributed by atoms with Crippen molar-refractivity contribution in [1.29, 1.82) is 0 Å². The molecule has 152 valence electrons. The molecule has 8 heteroatoms. The van der Waals surface area contributed by atoms with E-state index in [9.17, 15) is 0 Å². The van der Waals surface area contributed by atoms with Crippen molar-refractivity contribution < 1.29 is 4.74 Å². The number of anilines is 2. The minimum absolute atomic E-state index is 0.258. The summed E-state index contributed by atoms with van der Waals surface area (Å²) in [4.78, 5) is 8.84. The van der Waals surface area contributed by atoms with Crippen LogP contribution in [0.25, 0.3) is 11.0 Å². The van der Waals surface area contributed by atoms with Crippen LogP contribution in [0.15, 0.2) is 24.4 Å². The van der Waals surface area contributed by atoms with Gasteiger partial charge in [0.15, 0.2) is 5.82 Å². The summed E-state index contributed by atoms with van der Waals surface area (Å²) in [6.45, 7) is 1.44. The van der Waals surface area contributed by atoms with Crippen LogP contribution in [0, 0.1) is 11.3 Å². The van der Waals surface area contributed by atoms with E-state index < -0.39 is 0 Å². The second-order valence-electron chi connectivity index (χ2n) is 8.40. The quantitative estimate of drug-likeness (QED) is 0.573. The van der Waals surface area contributed by atoms with Gasteiger partial charge in [0, 0.05) is 18.0 Å². The normalized spacial score (nSPS) is 17.4. The average molecular weight is 413 g/mol. The van der Waals surface area contributed by atoms with Gasteiger partial charge in [-0.15, -0.1) is 11.6 Å². The third-order valence-electron chi connectivity index (χ3n) is 6.28. The van der Waals surface area contributed by atoms with E-state index in [1.54, 1.807) is 13.3 Å². The maximum Gasteiger partial charge on any atom is 0.222 e. The van der Waals surface area contributed by atoms with E-state index in [0.29, 0.717) is 23.8 Å². The average Bonchev–Trinajstić information content (AvgIpc) is 3.40. The van der Waals surface area contributed by atoms with Gasteiger partial charge in [-0.3, -0.25) is 4.68 Å². The summed E-state index contributed by atoms with van der Waals surface area (Å²) in [5.74, 6) is 2.97. The Labute approximate surface area is 174 Å². The van der Waals surface area contributed by atoms with Crippen LogP contribution in [-0.4, -0.2) is 33.4 Å². The van der Waals surface area contributed by atoms with Crippen LogP contribution in [0.1, 0.15) is 36.8 Å². The van der Waals surface area contributed by atoms with Crippen LogP contribution < -0.4 is 15.8 Å². The summed E-state index contributed by atoms with van der Waals surface area (Å²) >= 11 is 6.02. The molecular weight excluding hydrogens is 388 g/mol. The molecule has 0 amide bonds. The van der Waals surface area contributed by atoms with E-state index in [1.165, 1.54) is 25.7 Å². The zero-order valence-corrected chi connectivity index (χ0v) is 17.2. The zero-order chi connectivity index (χ0) is 20.0. The lowest BCUT2D eigenvalue weighted by molar-refractivity contribution is 0.180. The molecule has 0 saturated heterocycles. The molecule has 3 aromatic rings. The first-order valence-corrected chi connectivity index (χ1v) is 10.6. The number of rotatable bonds is 7. The fourth-order valence-electron chi connectivity index (χ4n) is 4.60. The summed E-state index contributed by atoms with van der Waals surface area (Å²) in [5, 5.41) is 8.06. The molecule has 5 rings (SSSR count). The summed E-state index contributed by atoms with van der Waals surface area (Å²) in [7, 11) is 1.67. The summed E-state index contributed by atoms with van der Waals surface area (Å²) in [6, 6.07) is 5.96. The number of ether oxygens (including phenoxy) is 1. The van der Waals surface area contributed by atoms with Crippen LogP contribution in [0.5, 0.6) is 5.75 Å². The number of hydrogen-bond acceptors (Lipinski definition) is 6. The molecule has 2 heterocycles. The molecule has 0 radical (unpaired) electrons. The smallest absolute Gasteiger partial charge is 0.222 e. The van der Waals surface area contributed by atoms with Crippen LogP contribution >= 0.6 is 11.6 Å². The molecule has 29 heavy (non-hydrogen) atoms. The van der Waals surface area contributed by atoms with Gasteiger partial charge in [0.05, 0.1) is 19.9 Å². The highest BCUT2D eigenvalue weighted by molar-refractivity contribution is 6.17. The molecular formula is C21H25ClN6O. The number of nitrogens with zero attached hydrogens (tertiary/aromatic N) is 4. The Hall–Kier alpha value is -2.54. The molecule has 2 saturated carbocycles. The van der Waals surface area contributed by atoms with Crippen molar-refractivity contribution in [3.63, 3.8) is 0 Å². The van der Waals surface area contributed by atoms with E-state index >= 15 is 0 Å². The lowest BCUT2D eigenvalue weighted by Gasteiger charge is -2.36. The molecule has 2 fully saturated rings. The Bertz CT molecular complexity index is 1050. The van der Waals surface area contributed by atoms with Crippen LogP contribution in [0.2, 0.25) is 0 Å². The number of alkyl halides is 1.